The van der Waals surface area contributed by atoms with Crippen molar-refractivity contribution in [1.29, 1.82) is 0 Å². The number of methoxy groups -OCH3 is 1. The summed E-state index contributed by atoms with van der Waals surface area (Å²) in [6.45, 7) is 5.01. The Balaban J connectivity index is 2.77. The van der Waals surface area contributed by atoms with Crippen LogP contribution in [0.25, 0.3) is 0 Å². The van der Waals surface area contributed by atoms with Gasteiger partial charge in [0.25, 0.3) is 0 Å². The first-order valence-corrected chi connectivity index (χ1v) is 4.38. The Morgan fingerprint density at radius 3 is 2.79 bits per heavy atom. The van der Waals surface area contributed by atoms with Crippen molar-refractivity contribution < 1.29 is 14.3 Å². The molecule has 0 saturated carbocycles. The van der Waals surface area contributed by atoms with Crippen molar-refractivity contribution >= 4 is 5.97 Å². The normalized spacial score (nSPS) is 25.4. The molecule has 0 aromatic heterocycles. The predicted octanol–water partition coefficient (Wildman–Crippen LogP) is 1.96. The fraction of sp³-hybridized carbons (Fsp3) is 0.364. The molecule has 0 radical (unpaired) electrons. The van der Waals surface area contributed by atoms with Crippen LogP contribution in [0.1, 0.15) is 13.3 Å². The van der Waals surface area contributed by atoms with Crippen LogP contribution in [0.4, 0.5) is 0 Å². The molecule has 0 aromatic rings. The van der Waals surface area contributed by atoms with Crippen LogP contribution in [0.5, 0.6) is 0 Å². The average Bonchev–Trinajstić information content (AvgIpc) is 2.18. The van der Waals surface area contributed by atoms with Gasteiger partial charge < -0.3 is 9.47 Å². The highest BCUT2D eigenvalue weighted by Gasteiger charge is 2.30. The SMILES string of the molecule is C=CC1=CCC(OC)(OC(C)=O)C=C1. The van der Waals surface area contributed by atoms with Gasteiger partial charge >= 0.3 is 5.97 Å². The van der Waals surface area contributed by atoms with Crippen molar-refractivity contribution in [2.75, 3.05) is 7.11 Å². The third-order valence-corrected chi connectivity index (χ3v) is 2.05. The molecule has 0 saturated heterocycles. The summed E-state index contributed by atoms with van der Waals surface area (Å²) in [5.74, 6) is -1.29. The third kappa shape index (κ3) is 2.33. The smallest absolute Gasteiger partial charge is 0.305 e. The van der Waals surface area contributed by atoms with E-state index in [1.54, 1.807) is 12.2 Å². The lowest BCUT2D eigenvalue weighted by atomic mass is 10.0. The summed E-state index contributed by atoms with van der Waals surface area (Å²) in [4.78, 5) is 10.9. The number of allylic oxidation sites excluding steroid dienone is 3. The van der Waals surface area contributed by atoms with Gasteiger partial charge in [0.2, 0.25) is 5.79 Å². The van der Waals surface area contributed by atoms with Gasteiger partial charge in [0, 0.05) is 20.5 Å². The van der Waals surface area contributed by atoms with Gasteiger partial charge in [-0.25, -0.2) is 0 Å². The zero-order valence-electron chi connectivity index (χ0n) is 8.45. The van der Waals surface area contributed by atoms with Crippen molar-refractivity contribution in [2.45, 2.75) is 19.1 Å². The quantitative estimate of drug-likeness (QED) is 0.509. The molecule has 0 N–H and O–H groups in total. The maximum Gasteiger partial charge on any atom is 0.305 e. The zero-order valence-corrected chi connectivity index (χ0v) is 8.45. The molecule has 1 atom stereocenters. The highest BCUT2D eigenvalue weighted by molar-refractivity contribution is 5.66. The molecule has 0 fully saturated rings. The van der Waals surface area contributed by atoms with Crippen LogP contribution in [0.3, 0.4) is 0 Å². The lowest BCUT2D eigenvalue weighted by Gasteiger charge is -2.29. The van der Waals surface area contributed by atoms with E-state index in [2.05, 4.69) is 6.58 Å². The highest BCUT2D eigenvalue weighted by Crippen LogP contribution is 2.26. The highest BCUT2D eigenvalue weighted by atomic mass is 16.7. The summed E-state index contributed by atoms with van der Waals surface area (Å²) in [6.07, 6.45) is 7.72. The number of carbonyl (C=O) groups excluding carboxylic acids is 1. The molecule has 0 aliphatic heterocycles. The largest absolute Gasteiger partial charge is 0.429 e. The van der Waals surface area contributed by atoms with Gasteiger partial charge in [-0.05, 0) is 11.6 Å². The van der Waals surface area contributed by atoms with Gasteiger partial charge in [-0.15, -0.1) is 0 Å². The first-order valence-electron chi connectivity index (χ1n) is 4.38. The van der Waals surface area contributed by atoms with Crippen LogP contribution in [-0.4, -0.2) is 18.9 Å². The number of carbonyl (C=O) groups is 1. The molecular formula is C11H14O3. The van der Waals surface area contributed by atoms with Crippen molar-refractivity contribution in [2.24, 2.45) is 0 Å². The summed E-state index contributed by atoms with van der Waals surface area (Å²) in [7, 11) is 1.51. The Morgan fingerprint density at radius 2 is 2.43 bits per heavy atom. The number of hydrogen-bond donors (Lipinski definition) is 0. The minimum absolute atomic E-state index is 0.355. The van der Waals surface area contributed by atoms with E-state index in [0.717, 1.165) is 5.57 Å². The molecule has 3 nitrogen and oxygen atoms in total. The van der Waals surface area contributed by atoms with E-state index in [1.807, 2.05) is 12.2 Å². The Labute approximate surface area is 83.7 Å². The lowest BCUT2D eigenvalue weighted by molar-refractivity contribution is -0.197. The summed E-state index contributed by atoms with van der Waals surface area (Å²) in [5.41, 5.74) is 1.00. The van der Waals surface area contributed by atoms with E-state index < -0.39 is 5.79 Å². The van der Waals surface area contributed by atoms with Crippen LogP contribution in [-0.2, 0) is 14.3 Å². The lowest BCUT2D eigenvalue weighted by Crippen LogP contribution is -2.35. The molecular weight excluding hydrogens is 180 g/mol. The van der Waals surface area contributed by atoms with E-state index in [-0.39, 0.29) is 5.97 Å². The van der Waals surface area contributed by atoms with E-state index in [4.69, 9.17) is 9.47 Å². The molecule has 0 amide bonds. The minimum Gasteiger partial charge on any atom is -0.429 e. The topological polar surface area (TPSA) is 35.5 Å². The molecule has 1 aliphatic rings. The fourth-order valence-electron chi connectivity index (χ4n) is 1.28. The molecule has 0 heterocycles. The van der Waals surface area contributed by atoms with Gasteiger partial charge in [-0.2, -0.15) is 0 Å². The second kappa shape index (κ2) is 4.24. The molecule has 0 aromatic carbocycles. The molecule has 0 bridgehead atoms. The second-order valence-electron chi connectivity index (χ2n) is 3.06. The van der Waals surface area contributed by atoms with Crippen molar-refractivity contribution in [1.82, 2.24) is 0 Å². The van der Waals surface area contributed by atoms with E-state index in [0.29, 0.717) is 6.42 Å². The van der Waals surface area contributed by atoms with Crippen LogP contribution in [0.15, 0.2) is 36.5 Å². The Bertz CT molecular complexity index is 302. The van der Waals surface area contributed by atoms with Crippen molar-refractivity contribution in [3.05, 3.63) is 36.5 Å². The summed E-state index contributed by atoms with van der Waals surface area (Å²) in [6, 6.07) is 0. The maximum atomic E-state index is 10.9. The number of esters is 1. The predicted molar refractivity (Wildman–Crippen MR) is 53.5 cm³/mol. The van der Waals surface area contributed by atoms with Crippen LogP contribution in [0.2, 0.25) is 0 Å². The van der Waals surface area contributed by atoms with Crippen LogP contribution in [0, 0.1) is 0 Å². The molecule has 1 rings (SSSR count). The number of ether oxygens (including phenoxy) is 2. The zero-order chi connectivity index (χ0) is 10.6. The van der Waals surface area contributed by atoms with Gasteiger partial charge in [-0.1, -0.05) is 24.8 Å². The van der Waals surface area contributed by atoms with Crippen molar-refractivity contribution in [3.8, 4) is 0 Å². The Morgan fingerprint density at radius 1 is 1.71 bits per heavy atom. The third-order valence-electron chi connectivity index (χ3n) is 2.05. The summed E-state index contributed by atoms with van der Waals surface area (Å²) >= 11 is 0. The van der Waals surface area contributed by atoms with E-state index >= 15 is 0 Å². The average molecular weight is 194 g/mol. The van der Waals surface area contributed by atoms with Gasteiger partial charge in [-0.3, -0.25) is 4.79 Å². The number of hydrogen-bond acceptors (Lipinski definition) is 3. The Kier molecular flexibility index (Phi) is 3.25. The van der Waals surface area contributed by atoms with Crippen LogP contribution >= 0.6 is 0 Å². The molecule has 14 heavy (non-hydrogen) atoms. The second-order valence-corrected chi connectivity index (χ2v) is 3.06. The van der Waals surface area contributed by atoms with E-state index in [1.165, 1.54) is 14.0 Å². The van der Waals surface area contributed by atoms with Crippen LogP contribution < -0.4 is 0 Å². The van der Waals surface area contributed by atoms with Gasteiger partial charge in [0.15, 0.2) is 0 Å². The molecule has 76 valence electrons. The van der Waals surface area contributed by atoms with Crippen molar-refractivity contribution in [3.63, 3.8) is 0 Å². The maximum absolute atomic E-state index is 10.9. The molecule has 1 aliphatic carbocycles. The molecule has 3 heteroatoms. The fourth-order valence-corrected chi connectivity index (χ4v) is 1.28. The van der Waals surface area contributed by atoms with Gasteiger partial charge in [0.05, 0.1) is 0 Å². The molecule has 0 spiro atoms. The first kappa shape index (κ1) is 10.7. The minimum atomic E-state index is -0.932. The monoisotopic (exact) mass is 194 g/mol. The number of rotatable bonds is 3. The van der Waals surface area contributed by atoms with Gasteiger partial charge in [0.1, 0.15) is 0 Å². The molecule has 1 unspecified atom stereocenters. The summed E-state index contributed by atoms with van der Waals surface area (Å²) < 4.78 is 10.3. The summed E-state index contributed by atoms with van der Waals surface area (Å²) in [5, 5.41) is 0. The Hall–Kier alpha value is -1.35. The standard InChI is InChI=1S/C11H14O3/c1-4-10-5-7-11(13-3,8-6-10)14-9(2)12/h4-7H,1,8H2,2-3H3. The first-order chi connectivity index (χ1) is 6.62. The van der Waals surface area contributed by atoms with E-state index in [9.17, 15) is 4.79 Å².